The number of pyridine rings is 1. The SMILES string of the molecule is O=C(NCc1cc(F)cc(F)c1)c1ccc2nc3ccccc3c(=O)n2c1. The normalized spacial score (nSPS) is 11.0. The second-order valence-corrected chi connectivity index (χ2v) is 6.04. The summed E-state index contributed by atoms with van der Waals surface area (Å²) in [6.07, 6.45) is 1.40. The fraction of sp³-hybridized carbons (Fsp3) is 0.0500. The Kier molecular flexibility index (Phi) is 4.12. The van der Waals surface area contributed by atoms with Crippen LogP contribution in [0.1, 0.15) is 15.9 Å². The van der Waals surface area contributed by atoms with E-state index in [1.54, 1.807) is 30.3 Å². The molecule has 0 saturated carbocycles. The zero-order valence-corrected chi connectivity index (χ0v) is 13.9. The highest BCUT2D eigenvalue weighted by molar-refractivity contribution is 5.94. The van der Waals surface area contributed by atoms with Crippen molar-refractivity contribution in [1.29, 1.82) is 0 Å². The first-order valence-electron chi connectivity index (χ1n) is 8.15. The van der Waals surface area contributed by atoms with Gasteiger partial charge in [0.15, 0.2) is 0 Å². The highest BCUT2D eigenvalue weighted by atomic mass is 19.1. The van der Waals surface area contributed by atoms with Crippen molar-refractivity contribution in [3.63, 3.8) is 0 Å². The largest absolute Gasteiger partial charge is 0.348 e. The number of carbonyl (C=O) groups is 1. The standard InChI is InChI=1S/C20H13F2N3O2/c21-14-7-12(8-15(22)9-14)10-23-19(26)13-5-6-18-24-17-4-2-1-3-16(17)20(27)25(18)11-13/h1-9,11H,10H2,(H,23,26). The van der Waals surface area contributed by atoms with Crippen LogP contribution in [0.25, 0.3) is 16.6 Å². The van der Waals surface area contributed by atoms with Gasteiger partial charge in [-0.1, -0.05) is 12.1 Å². The molecule has 2 aromatic heterocycles. The summed E-state index contributed by atoms with van der Waals surface area (Å²) in [6, 6.07) is 13.1. The van der Waals surface area contributed by atoms with E-state index < -0.39 is 17.5 Å². The number of nitrogens with zero attached hydrogens (tertiary/aromatic N) is 2. The number of para-hydroxylation sites is 1. The van der Waals surface area contributed by atoms with Gasteiger partial charge in [0, 0.05) is 18.8 Å². The lowest BCUT2D eigenvalue weighted by atomic mass is 10.2. The second kappa shape index (κ2) is 6.60. The quantitative estimate of drug-likeness (QED) is 0.568. The number of carbonyl (C=O) groups excluding carboxylic acids is 1. The molecular weight excluding hydrogens is 352 g/mol. The number of aromatic nitrogens is 2. The minimum atomic E-state index is -0.713. The van der Waals surface area contributed by atoms with Gasteiger partial charge in [-0.15, -0.1) is 0 Å². The number of hydrogen-bond donors (Lipinski definition) is 1. The first-order chi connectivity index (χ1) is 13.0. The van der Waals surface area contributed by atoms with Crippen molar-refractivity contribution >= 4 is 22.5 Å². The lowest BCUT2D eigenvalue weighted by Gasteiger charge is -2.08. The van der Waals surface area contributed by atoms with E-state index >= 15 is 0 Å². The number of hydrogen-bond acceptors (Lipinski definition) is 3. The summed E-state index contributed by atoms with van der Waals surface area (Å²) in [5.74, 6) is -1.90. The summed E-state index contributed by atoms with van der Waals surface area (Å²) in [7, 11) is 0. The van der Waals surface area contributed by atoms with E-state index in [1.807, 2.05) is 0 Å². The zero-order valence-electron chi connectivity index (χ0n) is 13.9. The minimum absolute atomic E-state index is 0.0452. The Bertz CT molecular complexity index is 1230. The highest BCUT2D eigenvalue weighted by Crippen LogP contribution is 2.11. The van der Waals surface area contributed by atoms with Crippen LogP contribution in [0.5, 0.6) is 0 Å². The zero-order chi connectivity index (χ0) is 19.0. The van der Waals surface area contributed by atoms with Crippen LogP contribution in [0.4, 0.5) is 8.78 Å². The molecule has 2 aromatic carbocycles. The van der Waals surface area contributed by atoms with Gasteiger partial charge >= 0.3 is 0 Å². The first-order valence-corrected chi connectivity index (χ1v) is 8.15. The van der Waals surface area contributed by atoms with Gasteiger partial charge in [-0.2, -0.15) is 0 Å². The number of amides is 1. The molecule has 2 heterocycles. The van der Waals surface area contributed by atoms with E-state index in [0.29, 0.717) is 22.1 Å². The molecule has 5 nitrogen and oxygen atoms in total. The summed E-state index contributed by atoms with van der Waals surface area (Å²) < 4.78 is 27.8. The fourth-order valence-electron chi connectivity index (χ4n) is 2.88. The smallest absolute Gasteiger partial charge is 0.265 e. The average molecular weight is 365 g/mol. The van der Waals surface area contributed by atoms with Gasteiger partial charge in [-0.25, -0.2) is 13.8 Å². The predicted molar refractivity (Wildman–Crippen MR) is 96.5 cm³/mol. The molecule has 1 amide bonds. The third-order valence-corrected chi connectivity index (χ3v) is 4.15. The van der Waals surface area contributed by atoms with E-state index in [2.05, 4.69) is 10.3 Å². The Morgan fingerprint density at radius 1 is 1.04 bits per heavy atom. The van der Waals surface area contributed by atoms with Gasteiger partial charge < -0.3 is 5.32 Å². The molecule has 4 rings (SSSR count). The van der Waals surface area contributed by atoms with Crippen LogP contribution in [0.2, 0.25) is 0 Å². The fourth-order valence-corrected chi connectivity index (χ4v) is 2.88. The number of fused-ring (bicyclic) bond motifs is 2. The summed E-state index contributed by atoms with van der Waals surface area (Å²) >= 11 is 0. The maximum absolute atomic E-state index is 13.2. The van der Waals surface area contributed by atoms with E-state index in [-0.39, 0.29) is 17.7 Å². The molecule has 0 aliphatic rings. The van der Waals surface area contributed by atoms with Crippen molar-refractivity contribution in [2.24, 2.45) is 0 Å². The van der Waals surface area contributed by atoms with Crippen LogP contribution in [0, 0.1) is 11.6 Å². The van der Waals surface area contributed by atoms with Gasteiger partial charge in [-0.3, -0.25) is 14.0 Å². The number of benzene rings is 2. The highest BCUT2D eigenvalue weighted by Gasteiger charge is 2.10. The first kappa shape index (κ1) is 16.8. The summed E-state index contributed by atoms with van der Waals surface area (Å²) in [5, 5.41) is 3.03. The third-order valence-electron chi connectivity index (χ3n) is 4.15. The van der Waals surface area contributed by atoms with Gasteiger partial charge in [0.2, 0.25) is 0 Å². The molecule has 0 atom stereocenters. The molecule has 1 N–H and O–H groups in total. The molecule has 4 aromatic rings. The molecular formula is C20H13F2N3O2. The van der Waals surface area contributed by atoms with Gasteiger partial charge in [0.1, 0.15) is 17.3 Å². The average Bonchev–Trinajstić information content (AvgIpc) is 2.65. The van der Waals surface area contributed by atoms with Crippen molar-refractivity contribution in [1.82, 2.24) is 14.7 Å². The van der Waals surface area contributed by atoms with E-state index in [9.17, 15) is 18.4 Å². The lowest BCUT2D eigenvalue weighted by molar-refractivity contribution is 0.0950. The molecule has 0 saturated heterocycles. The van der Waals surface area contributed by atoms with Crippen molar-refractivity contribution in [2.45, 2.75) is 6.54 Å². The molecule has 0 fully saturated rings. The Balaban J connectivity index is 1.65. The number of rotatable bonds is 3. The molecule has 0 spiro atoms. The van der Waals surface area contributed by atoms with Crippen LogP contribution in [-0.2, 0) is 6.54 Å². The van der Waals surface area contributed by atoms with Gasteiger partial charge in [0.05, 0.1) is 16.5 Å². The Hall–Kier alpha value is -3.61. The third kappa shape index (κ3) is 3.27. The topological polar surface area (TPSA) is 63.5 Å². The maximum atomic E-state index is 13.2. The molecule has 7 heteroatoms. The lowest BCUT2D eigenvalue weighted by Crippen LogP contribution is -2.24. The monoisotopic (exact) mass is 365 g/mol. The Labute approximate surface area is 151 Å². The summed E-state index contributed by atoms with van der Waals surface area (Å²) in [4.78, 5) is 29.4. The van der Waals surface area contributed by atoms with Crippen LogP contribution in [0.3, 0.4) is 0 Å². The second-order valence-electron chi connectivity index (χ2n) is 6.04. The maximum Gasteiger partial charge on any atom is 0.265 e. The van der Waals surface area contributed by atoms with E-state index in [1.165, 1.54) is 16.7 Å². The van der Waals surface area contributed by atoms with E-state index in [4.69, 9.17) is 0 Å². The van der Waals surface area contributed by atoms with Crippen molar-refractivity contribution in [3.05, 3.63) is 93.9 Å². The van der Waals surface area contributed by atoms with Crippen LogP contribution in [-0.4, -0.2) is 15.3 Å². The predicted octanol–water partition coefficient (Wildman–Crippen LogP) is 3.06. The van der Waals surface area contributed by atoms with Gasteiger partial charge in [0.25, 0.3) is 11.5 Å². The Morgan fingerprint density at radius 2 is 1.78 bits per heavy atom. The number of halogens is 2. The van der Waals surface area contributed by atoms with Crippen molar-refractivity contribution in [2.75, 3.05) is 0 Å². The summed E-state index contributed by atoms with van der Waals surface area (Å²) in [6.45, 7) is -0.0452. The van der Waals surface area contributed by atoms with Gasteiger partial charge in [-0.05, 0) is 42.0 Å². The van der Waals surface area contributed by atoms with Crippen molar-refractivity contribution < 1.29 is 13.6 Å². The summed E-state index contributed by atoms with van der Waals surface area (Å²) in [5.41, 5.74) is 1.25. The molecule has 0 bridgehead atoms. The molecule has 27 heavy (non-hydrogen) atoms. The van der Waals surface area contributed by atoms with E-state index in [0.717, 1.165) is 18.2 Å². The van der Waals surface area contributed by atoms with Crippen LogP contribution < -0.4 is 10.9 Å². The molecule has 134 valence electrons. The van der Waals surface area contributed by atoms with Crippen LogP contribution in [0.15, 0.2) is 65.6 Å². The number of nitrogens with one attached hydrogen (secondary N) is 1. The molecule has 0 aliphatic carbocycles. The molecule has 0 unspecified atom stereocenters. The molecule has 0 radical (unpaired) electrons. The minimum Gasteiger partial charge on any atom is -0.348 e. The van der Waals surface area contributed by atoms with Crippen LogP contribution >= 0.6 is 0 Å². The Morgan fingerprint density at radius 3 is 2.56 bits per heavy atom. The van der Waals surface area contributed by atoms with Crippen molar-refractivity contribution in [3.8, 4) is 0 Å². The molecule has 0 aliphatic heterocycles.